The summed E-state index contributed by atoms with van der Waals surface area (Å²) in [7, 11) is 1.66. The third kappa shape index (κ3) is 5.79. The lowest BCUT2D eigenvalue weighted by atomic mass is 10.2. The van der Waals surface area contributed by atoms with Gasteiger partial charge in [-0.3, -0.25) is 0 Å². The number of ether oxygens (including phenoxy) is 2. The van der Waals surface area contributed by atoms with Crippen molar-refractivity contribution >= 4 is 0 Å². The molecule has 0 aliphatic carbocycles. The molecular formula is C8H16O2. The zero-order valence-electron chi connectivity index (χ0n) is 6.85. The molecular weight excluding hydrogens is 128 g/mol. The molecule has 10 heavy (non-hydrogen) atoms. The minimum absolute atomic E-state index is 0.662. The first-order valence-corrected chi connectivity index (χ1v) is 3.54. The standard InChI is InChI=1S/C8H16O2/c1-4-8(2)7-10-6-5-9-3/h2,4-7H2,1,3H3. The Morgan fingerprint density at radius 2 is 2.10 bits per heavy atom. The summed E-state index contributed by atoms with van der Waals surface area (Å²) < 4.78 is 10.0. The topological polar surface area (TPSA) is 18.5 Å². The van der Waals surface area contributed by atoms with Gasteiger partial charge in [-0.1, -0.05) is 19.1 Å². The average Bonchev–Trinajstić information content (AvgIpc) is 1.98. The summed E-state index contributed by atoms with van der Waals surface area (Å²) in [4.78, 5) is 0. The van der Waals surface area contributed by atoms with E-state index in [1.54, 1.807) is 7.11 Å². The van der Waals surface area contributed by atoms with E-state index >= 15 is 0 Å². The van der Waals surface area contributed by atoms with Gasteiger partial charge in [-0.05, 0) is 6.42 Å². The number of rotatable bonds is 6. The molecule has 0 N–H and O–H groups in total. The van der Waals surface area contributed by atoms with Gasteiger partial charge in [0.15, 0.2) is 0 Å². The molecule has 0 aromatic carbocycles. The van der Waals surface area contributed by atoms with Gasteiger partial charge in [0, 0.05) is 7.11 Å². The van der Waals surface area contributed by atoms with Crippen molar-refractivity contribution in [1.29, 1.82) is 0 Å². The van der Waals surface area contributed by atoms with Gasteiger partial charge in [-0.2, -0.15) is 0 Å². The van der Waals surface area contributed by atoms with E-state index in [0.29, 0.717) is 19.8 Å². The maximum absolute atomic E-state index is 5.20. The minimum Gasteiger partial charge on any atom is -0.382 e. The van der Waals surface area contributed by atoms with Crippen molar-refractivity contribution in [1.82, 2.24) is 0 Å². The van der Waals surface area contributed by atoms with Crippen LogP contribution in [0, 0.1) is 0 Å². The first-order valence-electron chi connectivity index (χ1n) is 3.54. The predicted octanol–water partition coefficient (Wildman–Crippen LogP) is 1.62. The third-order valence-electron chi connectivity index (χ3n) is 1.24. The lowest BCUT2D eigenvalue weighted by Gasteiger charge is -2.03. The van der Waals surface area contributed by atoms with E-state index in [2.05, 4.69) is 13.5 Å². The van der Waals surface area contributed by atoms with E-state index in [9.17, 15) is 0 Å². The van der Waals surface area contributed by atoms with Crippen molar-refractivity contribution in [3.05, 3.63) is 12.2 Å². The Balaban J connectivity index is 2.96. The van der Waals surface area contributed by atoms with Gasteiger partial charge in [0.25, 0.3) is 0 Å². The number of hydrogen-bond acceptors (Lipinski definition) is 2. The van der Waals surface area contributed by atoms with Crippen LogP contribution in [-0.4, -0.2) is 26.9 Å². The molecule has 0 unspecified atom stereocenters. The van der Waals surface area contributed by atoms with Crippen LogP contribution in [0.15, 0.2) is 12.2 Å². The molecule has 60 valence electrons. The second-order valence-electron chi connectivity index (χ2n) is 2.15. The van der Waals surface area contributed by atoms with Crippen molar-refractivity contribution in [2.75, 3.05) is 26.9 Å². The van der Waals surface area contributed by atoms with E-state index in [-0.39, 0.29) is 0 Å². The molecule has 0 amide bonds. The molecule has 0 saturated heterocycles. The van der Waals surface area contributed by atoms with E-state index in [4.69, 9.17) is 9.47 Å². The summed E-state index contributed by atoms with van der Waals surface area (Å²) in [5.74, 6) is 0. The molecule has 0 aliphatic rings. The quantitative estimate of drug-likeness (QED) is 0.416. The average molecular weight is 144 g/mol. The van der Waals surface area contributed by atoms with Crippen LogP contribution < -0.4 is 0 Å². The SMILES string of the molecule is C=C(CC)COCCOC. The van der Waals surface area contributed by atoms with E-state index in [0.717, 1.165) is 12.0 Å². The van der Waals surface area contributed by atoms with Gasteiger partial charge in [0.05, 0.1) is 19.8 Å². The van der Waals surface area contributed by atoms with Crippen LogP contribution in [0.2, 0.25) is 0 Å². The zero-order chi connectivity index (χ0) is 7.82. The Kier molecular flexibility index (Phi) is 6.55. The van der Waals surface area contributed by atoms with Crippen LogP contribution in [0.4, 0.5) is 0 Å². The maximum atomic E-state index is 5.20. The molecule has 0 spiro atoms. The third-order valence-corrected chi connectivity index (χ3v) is 1.24. The Hall–Kier alpha value is -0.340. The van der Waals surface area contributed by atoms with Gasteiger partial charge in [-0.15, -0.1) is 0 Å². The highest BCUT2D eigenvalue weighted by atomic mass is 16.5. The molecule has 0 saturated carbocycles. The lowest BCUT2D eigenvalue weighted by Crippen LogP contribution is -2.03. The normalized spacial score (nSPS) is 9.80. The molecule has 0 aliphatic heterocycles. The van der Waals surface area contributed by atoms with Crippen LogP contribution in [-0.2, 0) is 9.47 Å². The summed E-state index contributed by atoms with van der Waals surface area (Å²) in [6.07, 6.45) is 0.993. The summed E-state index contributed by atoms with van der Waals surface area (Å²) in [5.41, 5.74) is 1.14. The number of methoxy groups -OCH3 is 1. The van der Waals surface area contributed by atoms with Gasteiger partial charge in [-0.25, -0.2) is 0 Å². The Bertz CT molecular complexity index is 89.3. The lowest BCUT2D eigenvalue weighted by molar-refractivity contribution is 0.0817. The molecule has 0 atom stereocenters. The molecule has 2 nitrogen and oxygen atoms in total. The van der Waals surface area contributed by atoms with Crippen LogP contribution in [0.3, 0.4) is 0 Å². The second kappa shape index (κ2) is 6.78. The van der Waals surface area contributed by atoms with Crippen LogP contribution in [0.5, 0.6) is 0 Å². The second-order valence-corrected chi connectivity index (χ2v) is 2.15. The van der Waals surface area contributed by atoms with Crippen LogP contribution in [0.1, 0.15) is 13.3 Å². The summed E-state index contributed by atoms with van der Waals surface area (Å²) in [5, 5.41) is 0. The fourth-order valence-corrected chi connectivity index (χ4v) is 0.461. The molecule has 2 heteroatoms. The molecule has 0 bridgehead atoms. The van der Waals surface area contributed by atoms with Gasteiger partial charge in [0.1, 0.15) is 0 Å². The predicted molar refractivity (Wildman–Crippen MR) is 42.1 cm³/mol. The van der Waals surface area contributed by atoms with Crippen molar-refractivity contribution in [2.24, 2.45) is 0 Å². The van der Waals surface area contributed by atoms with E-state index in [1.165, 1.54) is 0 Å². The van der Waals surface area contributed by atoms with Crippen LogP contribution >= 0.6 is 0 Å². The highest BCUT2D eigenvalue weighted by Gasteiger charge is 1.89. The van der Waals surface area contributed by atoms with Crippen molar-refractivity contribution in [2.45, 2.75) is 13.3 Å². The van der Waals surface area contributed by atoms with Gasteiger partial charge < -0.3 is 9.47 Å². The minimum atomic E-state index is 0.662. The van der Waals surface area contributed by atoms with Crippen molar-refractivity contribution in [3.8, 4) is 0 Å². The molecule has 0 radical (unpaired) electrons. The zero-order valence-corrected chi connectivity index (χ0v) is 6.85. The number of hydrogen-bond donors (Lipinski definition) is 0. The van der Waals surface area contributed by atoms with E-state index < -0.39 is 0 Å². The monoisotopic (exact) mass is 144 g/mol. The van der Waals surface area contributed by atoms with Crippen molar-refractivity contribution < 1.29 is 9.47 Å². The van der Waals surface area contributed by atoms with E-state index in [1.807, 2.05) is 0 Å². The van der Waals surface area contributed by atoms with Gasteiger partial charge in [0.2, 0.25) is 0 Å². The fraction of sp³-hybridized carbons (Fsp3) is 0.750. The Morgan fingerprint density at radius 3 is 2.60 bits per heavy atom. The Morgan fingerprint density at radius 1 is 1.40 bits per heavy atom. The smallest absolute Gasteiger partial charge is 0.0704 e. The largest absolute Gasteiger partial charge is 0.382 e. The van der Waals surface area contributed by atoms with Crippen LogP contribution in [0.25, 0.3) is 0 Å². The highest BCUT2D eigenvalue weighted by molar-refractivity contribution is 4.91. The molecule has 0 aromatic rings. The molecule has 0 fully saturated rings. The summed E-state index contributed by atoms with van der Waals surface area (Å²) in [6.45, 7) is 7.87. The molecule has 0 aromatic heterocycles. The first kappa shape index (κ1) is 9.66. The maximum Gasteiger partial charge on any atom is 0.0704 e. The summed E-state index contributed by atoms with van der Waals surface area (Å²) >= 11 is 0. The molecule has 0 rings (SSSR count). The summed E-state index contributed by atoms with van der Waals surface area (Å²) in [6, 6.07) is 0. The van der Waals surface area contributed by atoms with Crippen molar-refractivity contribution in [3.63, 3.8) is 0 Å². The first-order chi connectivity index (χ1) is 4.81. The highest BCUT2D eigenvalue weighted by Crippen LogP contribution is 1.95. The fourth-order valence-electron chi connectivity index (χ4n) is 0.461. The molecule has 0 heterocycles. The Labute approximate surface area is 62.8 Å². The van der Waals surface area contributed by atoms with Gasteiger partial charge >= 0.3 is 0 Å².